The minimum atomic E-state index is -4.59. The summed E-state index contributed by atoms with van der Waals surface area (Å²) >= 11 is 0. The number of alkyl halides is 3. The van der Waals surface area contributed by atoms with Crippen molar-refractivity contribution in [1.29, 1.82) is 0 Å². The lowest BCUT2D eigenvalue weighted by Gasteiger charge is -2.24. The Morgan fingerprint density at radius 1 is 1.07 bits per heavy atom. The van der Waals surface area contributed by atoms with Gasteiger partial charge in [-0.25, -0.2) is 0 Å². The van der Waals surface area contributed by atoms with Gasteiger partial charge in [-0.15, -0.1) is 12.4 Å². The summed E-state index contributed by atoms with van der Waals surface area (Å²) in [6.07, 6.45) is -4.28. The minimum absolute atomic E-state index is 0. The van der Waals surface area contributed by atoms with E-state index >= 15 is 0 Å². The molecule has 2 rings (SSSR count). The van der Waals surface area contributed by atoms with Gasteiger partial charge in [0.15, 0.2) is 0 Å². The average Bonchev–Trinajstić information content (AvgIpc) is 2.69. The first-order chi connectivity index (χ1) is 13.7. The molecule has 0 saturated heterocycles. The number of benzene rings is 2. The molecule has 4 nitrogen and oxygen atoms in total. The van der Waals surface area contributed by atoms with Crippen LogP contribution in [0, 0.1) is 18.8 Å². The molecule has 0 amide bonds. The van der Waals surface area contributed by atoms with Crippen molar-refractivity contribution in [3.8, 4) is 17.6 Å². The van der Waals surface area contributed by atoms with Crippen molar-refractivity contribution >= 4 is 12.4 Å². The van der Waals surface area contributed by atoms with Gasteiger partial charge < -0.3 is 20.7 Å². The fourth-order valence-corrected chi connectivity index (χ4v) is 2.66. The Hall–Kier alpha value is -2.24. The molecule has 30 heavy (non-hydrogen) atoms. The number of aliphatic hydroxyl groups is 2. The van der Waals surface area contributed by atoms with Gasteiger partial charge >= 0.3 is 6.18 Å². The molecular formula is C22H25ClF3NO3. The van der Waals surface area contributed by atoms with Crippen LogP contribution in [0.25, 0.3) is 0 Å². The topological polar surface area (TPSA) is 75.7 Å². The molecule has 8 heteroatoms. The number of nitrogens with two attached hydrogens (primary N) is 1. The SMILES string of the molecule is Cc1cccc(C#CCOc2ccc(CCC(N)(CO)CO)cc2C(F)(F)F)c1.Cl. The number of halogens is 4. The Kier molecular flexibility index (Phi) is 9.66. The lowest BCUT2D eigenvalue weighted by Crippen LogP contribution is -2.47. The van der Waals surface area contributed by atoms with Crippen LogP contribution in [0.1, 0.15) is 28.7 Å². The third kappa shape index (κ3) is 7.54. The van der Waals surface area contributed by atoms with Gasteiger partial charge in [-0.2, -0.15) is 13.2 Å². The van der Waals surface area contributed by atoms with Crippen molar-refractivity contribution in [1.82, 2.24) is 0 Å². The summed E-state index contributed by atoms with van der Waals surface area (Å²) in [4.78, 5) is 0. The Morgan fingerprint density at radius 3 is 2.37 bits per heavy atom. The highest BCUT2D eigenvalue weighted by Gasteiger charge is 2.35. The van der Waals surface area contributed by atoms with Crippen molar-refractivity contribution in [3.05, 3.63) is 64.7 Å². The highest BCUT2D eigenvalue weighted by Crippen LogP contribution is 2.37. The summed E-state index contributed by atoms with van der Waals surface area (Å²) in [5.74, 6) is 5.27. The number of hydrogen-bond acceptors (Lipinski definition) is 4. The first-order valence-electron chi connectivity index (χ1n) is 9.06. The molecule has 0 heterocycles. The smallest absolute Gasteiger partial charge is 0.419 e. The summed E-state index contributed by atoms with van der Waals surface area (Å²) in [6, 6.07) is 11.2. The Labute approximate surface area is 180 Å². The van der Waals surface area contributed by atoms with E-state index in [-0.39, 0.29) is 37.6 Å². The summed E-state index contributed by atoms with van der Waals surface area (Å²) in [5.41, 5.74) is 5.82. The summed E-state index contributed by atoms with van der Waals surface area (Å²) in [5, 5.41) is 18.4. The first kappa shape index (κ1) is 25.8. The molecule has 2 aromatic rings. The maximum Gasteiger partial charge on any atom is 0.419 e. The van der Waals surface area contributed by atoms with E-state index in [9.17, 15) is 23.4 Å². The van der Waals surface area contributed by atoms with E-state index < -0.39 is 30.5 Å². The van der Waals surface area contributed by atoms with E-state index in [1.165, 1.54) is 12.1 Å². The van der Waals surface area contributed by atoms with Gasteiger partial charge in [-0.3, -0.25) is 0 Å². The Balaban J connectivity index is 0.00000450. The predicted molar refractivity (Wildman–Crippen MR) is 112 cm³/mol. The fraction of sp³-hybridized carbons (Fsp3) is 0.364. The van der Waals surface area contributed by atoms with Crippen molar-refractivity contribution in [2.45, 2.75) is 31.5 Å². The molecule has 0 fully saturated rings. The third-order valence-electron chi connectivity index (χ3n) is 4.44. The number of aryl methyl sites for hydroxylation is 2. The van der Waals surface area contributed by atoms with Crippen LogP contribution >= 0.6 is 12.4 Å². The quantitative estimate of drug-likeness (QED) is 0.573. The highest BCUT2D eigenvalue weighted by atomic mass is 35.5. The maximum absolute atomic E-state index is 13.4. The molecular weight excluding hydrogens is 419 g/mol. The number of ether oxygens (including phenoxy) is 1. The number of hydrogen-bond donors (Lipinski definition) is 3. The molecule has 0 unspecified atom stereocenters. The van der Waals surface area contributed by atoms with Gasteiger partial charge in [0, 0.05) is 5.56 Å². The van der Waals surface area contributed by atoms with Crippen LogP contribution in [0.5, 0.6) is 5.75 Å². The summed E-state index contributed by atoms with van der Waals surface area (Å²) < 4.78 is 45.6. The first-order valence-corrected chi connectivity index (χ1v) is 9.06. The average molecular weight is 444 g/mol. The lowest BCUT2D eigenvalue weighted by atomic mass is 9.93. The van der Waals surface area contributed by atoms with E-state index in [4.69, 9.17) is 10.5 Å². The van der Waals surface area contributed by atoms with Gasteiger partial charge in [-0.1, -0.05) is 30.0 Å². The van der Waals surface area contributed by atoms with Gasteiger partial charge in [-0.05, 0) is 55.2 Å². The second-order valence-corrected chi connectivity index (χ2v) is 6.97. The third-order valence-corrected chi connectivity index (χ3v) is 4.44. The standard InChI is InChI=1S/C22H24F3NO3.ClH/c1-16-4-2-5-17(12-16)6-3-11-29-20-8-7-18(13-19(20)22(23,24)25)9-10-21(26,14-27)15-28;/h2,4-5,7-8,12-13,27-28H,9-11,14-15,26H2,1H3;1H. The molecule has 0 bridgehead atoms. The zero-order valence-corrected chi connectivity index (χ0v) is 17.3. The molecule has 0 spiro atoms. The van der Waals surface area contributed by atoms with Crippen LogP contribution in [-0.4, -0.2) is 35.6 Å². The van der Waals surface area contributed by atoms with Gasteiger partial charge in [0.25, 0.3) is 0 Å². The van der Waals surface area contributed by atoms with Crippen LogP contribution in [0.4, 0.5) is 13.2 Å². The molecule has 0 saturated carbocycles. The summed E-state index contributed by atoms with van der Waals surface area (Å²) in [7, 11) is 0. The van der Waals surface area contributed by atoms with Crippen LogP contribution < -0.4 is 10.5 Å². The molecule has 0 aliphatic heterocycles. The minimum Gasteiger partial charge on any atom is -0.480 e. The van der Waals surface area contributed by atoms with E-state index in [0.717, 1.165) is 17.2 Å². The molecule has 0 aliphatic carbocycles. The van der Waals surface area contributed by atoms with E-state index in [1.807, 2.05) is 31.2 Å². The van der Waals surface area contributed by atoms with E-state index in [1.54, 1.807) is 0 Å². The fourth-order valence-electron chi connectivity index (χ4n) is 2.66. The highest BCUT2D eigenvalue weighted by molar-refractivity contribution is 5.85. The van der Waals surface area contributed by atoms with Crippen molar-refractivity contribution in [2.75, 3.05) is 19.8 Å². The number of rotatable bonds is 7. The second-order valence-electron chi connectivity index (χ2n) is 6.97. The largest absolute Gasteiger partial charge is 0.480 e. The molecule has 4 N–H and O–H groups in total. The molecule has 2 aromatic carbocycles. The van der Waals surface area contributed by atoms with Crippen LogP contribution in [0.3, 0.4) is 0 Å². The van der Waals surface area contributed by atoms with E-state index in [0.29, 0.717) is 5.56 Å². The van der Waals surface area contributed by atoms with Crippen molar-refractivity contribution in [2.24, 2.45) is 5.73 Å². The molecule has 0 aliphatic rings. The normalized spacial score (nSPS) is 11.3. The van der Waals surface area contributed by atoms with Gasteiger partial charge in [0.2, 0.25) is 0 Å². The lowest BCUT2D eigenvalue weighted by molar-refractivity contribution is -0.138. The van der Waals surface area contributed by atoms with Crippen molar-refractivity contribution in [3.63, 3.8) is 0 Å². The zero-order chi connectivity index (χ0) is 21.5. The zero-order valence-electron chi connectivity index (χ0n) is 16.5. The maximum atomic E-state index is 13.4. The van der Waals surface area contributed by atoms with Crippen LogP contribution in [-0.2, 0) is 12.6 Å². The molecule has 0 atom stereocenters. The molecule has 0 radical (unpaired) electrons. The van der Waals surface area contributed by atoms with E-state index in [2.05, 4.69) is 11.8 Å². The predicted octanol–water partition coefficient (Wildman–Crippen LogP) is 3.48. The Morgan fingerprint density at radius 2 is 1.77 bits per heavy atom. The van der Waals surface area contributed by atoms with Crippen LogP contribution in [0.15, 0.2) is 42.5 Å². The van der Waals surface area contributed by atoms with Gasteiger partial charge in [0.05, 0.1) is 24.3 Å². The monoisotopic (exact) mass is 443 g/mol. The second kappa shape index (κ2) is 11.2. The Bertz CT molecular complexity index is 887. The molecule has 164 valence electrons. The van der Waals surface area contributed by atoms with Crippen molar-refractivity contribution < 1.29 is 28.1 Å². The van der Waals surface area contributed by atoms with Gasteiger partial charge in [0.1, 0.15) is 12.4 Å². The molecule has 0 aromatic heterocycles. The summed E-state index contributed by atoms with van der Waals surface area (Å²) in [6.45, 7) is 0.818. The number of aliphatic hydroxyl groups excluding tert-OH is 2. The van der Waals surface area contributed by atoms with Crippen LogP contribution in [0.2, 0.25) is 0 Å².